The number of benzene rings is 2. The predicted octanol–water partition coefficient (Wildman–Crippen LogP) is 5.26. The molecular formula is C21H29Cl3N2O2. The first kappa shape index (κ1) is 28.8. The Morgan fingerprint density at radius 2 is 1.54 bits per heavy atom. The third-order valence-electron chi connectivity index (χ3n) is 3.77. The van der Waals surface area contributed by atoms with E-state index in [2.05, 4.69) is 12.3 Å². The zero-order chi connectivity index (χ0) is 19.9. The van der Waals surface area contributed by atoms with Crippen molar-refractivity contribution in [2.45, 2.75) is 46.6 Å². The fourth-order valence-electron chi connectivity index (χ4n) is 2.17. The average Bonchev–Trinajstić information content (AvgIpc) is 2.61. The van der Waals surface area contributed by atoms with Gasteiger partial charge in [0.15, 0.2) is 5.78 Å². The van der Waals surface area contributed by atoms with Crippen molar-refractivity contribution in [1.82, 2.24) is 5.43 Å². The van der Waals surface area contributed by atoms with Crippen LogP contribution in [0.1, 0.15) is 65.1 Å². The van der Waals surface area contributed by atoms with Crippen LogP contribution >= 0.6 is 36.4 Å². The van der Waals surface area contributed by atoms with Crippen LogP contribution in [0.3, 0.4) is 0 Å². The first-order valence-corrected chi connectivity index (χ1v) is 8.89. The predicted molar refractivity (Wildman–Crippen MR) is 122 cm³/mol. The van der Waals surface area contributed by atoms with Gasteiger partial charge >= 0.3 is 0 Å². The van der Waals surface area contributed by atoms with E-state index in [1.165, 1.54) is 5.56 Å². The molecule has 2 rings (SSSR count). The zero-order valence-electron chi connectivity index (χ0n) is 16.8. The molecule has 0 unspecified atom stereocenters. The summed E-state index contributed by atoms with van der Waals surface area (Å²) in [6.07, 6.45) is 0.921. The third kappa shape index (κ3) is 8.72. The lowest BCUT2D eigenvalue weighted by Gasteiger charge is -2.14. The van der Waals surface area contributed by atoms with Gasteiger partial charge < -0.3 is 0 Å². The number of hydrogen-bond donors (Lipinski definition) is 2. The Hall–Kier alpha value is -1.43. The lowest BCUT2D eigenvalue weighted by molar-refractivity contribution is 0.102. The van der Waals surface area contributed by atoms with E-state index < -0.39 is 5.24 Å². The minimum atomic E-state index is -0.609. The first-order valence-electron chi connectivity index (χ1n) is 8.51. The Bertz CT molecular complexity index is 770. The third-order valence-corrected chi connectivity index (χ3v) is 3.97. The van der Waals surface area contributed by atoms with E-state index in [9.17, 15) is 9.59 Å². The standard InChI is InChI=1S/C17H15ClO2.C4H12N2.2ClH/c1-3-12-7-9-13(10-8-12)16(19)15-11(2)5-4-6-14(15)17(18)20;1-4(2,3)6-5;;/h4-10H,3H2,1-2H3;6H,5H2,1-3H3;2*1H. The van der Waals surface area contributed by atoms with E-state index in [0.29, 0.717) is 11.1 Å². The van der Waals surface area contributed by atoms with E-state index in [0.717, 1.165) is 12.0 Å². The molecule has 2 aromatic carbocycles. The quantitative estimate of drug-likeness (QED) is 0.290. The number of nitrogens with one attached hydrogen (secondary N) is 1. The van der Waals surface area contributed by atoms with Gasteiger partial charge in [0.1, 0.15) is 0 Å². The van der Waals surface area contributed by atoms with E-state index >= 15 is 0 Å². The van der Waals surface area contributed by atoms with Crippen LogP contribution in [0.25, 0.3) is 0 Å². The summed E-state index contributed by atoms with van der Waals surface area (Å²) in [7, 11) is 0. The minimum Gasteiger partial charge on any atom is -0.289 e. The molecule has 2 aromatic rings. The molecule has 0 amide bonds. The van der Waals surface area contributed by atoms with Gasteiger partial charge in [0.2, 0.25) is 0 Å². The van der Waals surface area contributed by atoms with Gasteiger partial charge in [-0.2, -0.15) is 0 Å². The summed E-state index contributed by atoms with van der Waals surface area (Å²) < 4.78 is 0. The highest BCUT2D eigenvalue weighted by Gasteiger charge is 2.19. The molecule has 0 aliphatic rings. The molecule has 0 fully saturated rings. The van der Waals surface area contributed by atoms with Crippen LogP contribution in [-0.4, -0.2) is 16.6 Å². The summed E-state index contributed by atoms with van der Waals surface area (Å²) in [4.78, 5) is 24.0. The number of hydrazine groups is 1. The van der Waals surface area contributed by atoms with E-state index in [1.807, 2.05) is 32.9 Å². The second-order valence-corrected chi connectivity index (χ2v) is 7.39. The number of hydrogen-bond acceptors (Lipinski definition) is 4. The summed E-state index contributed by atoms with van der Waals surface area (Å²) in [6.45, 7) is 9.88. The van der Waals surface area contributed by atoms with Crippen LogP contribution in [0.15, 0.2) is 42.5 Å². The van der Waals surface area contributed by atoms with E-state index in [1.54, 1.807) is 37.3 Å². The molecule has 0 spiro atoms. The lowest BCUT2D eigenvalue weighted by atomic mass is 9.94. The summed E-state index contributed by atoms with van der Waals surface area (Å²) in [5, 5.41) is -0.609. The van der Waals surface area contributed by atoms with Crippen LogP contribution in [0.5, 0.6) is 0 Å². The highest BCUT2D eigenvalue weighted by atomic mass is 35.5. The second kappa shape index (κ2) is 12.9. The molecule has 28 heavy (non-hydrogen) atoms. The van der Waals surface area contributed by atoms with Crippen molar-refractivity contribution < 1.29 is 9.59 Å². The Morgan fingerprint density at radius 3 is 1.93 bits per heavy atom. The highest BCUT2D eigenvalue weighted by Crippen LogP contribution is 2.21. The number of nitrogens with two attached hydrogens (primary N) is 1. The highest BCUT2D eigenvalue weighted by molar-refractivity contribution is 6.68. The van der Waals surface area contributed by atoms with Gasteiger partial charge in [-0.15, -0.1) is 24.8 Å². The normalized spacial score (nSPS) is 9.96. The molecule has 0 aliphatic heterocycles. The molecule has 156 valence electrons. The minimum absolute atomic E-state index is 0. The maximum Gasteiger partial charge on any atom is 0.253 e. The molecule has 0 aliphatic carbocycles. The number of ketones is 1. The smallest absolute Gasteiger partial charge is 0.253 e. The molecule has 0 heterocycles. The van der Waals surface area contributed by atoms with Crippen LogP contribution in [0.2, 0.25) is 0 Å². The van der Waals surface area contributed by atoms with Crippen LogP contribution in [-0.2, 0) is 6.42 Å². The van der Waals surface area contributed by atoms with Crippen LogP contribution in [0.4, 0.5) is 0 Å². The fourth-order valence-corrected chi connectivity index (χ4v) is 2.33. The summed E-state index contributed by atoms with van der Waals surface area (Å²) >= 11 is 5.57. The van der Waals surface area contributed by atoms with Crippen molar-refractivity contribution >= 4 is 47.4 Å². The van der Waals surface area contributed by atoms with Crippen molar-refractivity contribution in [3.63, 3.8) is 0 Å². The van der Waals surface area contributed by atoms with Gasteiger partial charge in [-0.05, 0) is 62.9 Å². The number of carbonyl (C=O) groups excluding carboxylic acids is 2. The maximum atomic E-state index is 12.6. The first-order chi connectivity index (χ1) is 12.1. The molecule has 0 bridgehead atoms. The fraction of sp³-hybridized carbons (Fsp3) is 0.333. The summed E-state index contributed by atoms with van der Waals surface area (Å²) in [5.74, 6) is 4.88. The van der Waals surface area contributed by atoms with Crippen molar-refractivity contribution in [2.24, 2.45) is 5.84 Å². The topological polar surface area (TPSA) is 72.2 Å². The molecule has 0 saturated heterocycles. The lowest BCUT2D eigenvalue weighted by Crippen LogP contribution is -2.41. The molecule has 7 heteroatoms. The molecule has 0 saturated carbocycles. The number of rotatable bonds is 4. The Labute approximate surface area is 185 Å². The maximum absolute atomic E-state index is 12.6. The van der Waals surface area contributed by atoms with Crippen molar-refractivity contribution in [3.8, 4) is 0 Å². The van der Waals surface area contributed by atoms with E-state index in [4.69, 9.17) is 17.4 Å². The Morgan fingerprint density at radius 1 is 1.04 bits per heavy atom. The van der Waals surface area contributed by atoms with Gasteiger partial charge in [0, 0.05) is 22.2 Å². The molecule has 0 atom stereocenters. The Kier molecular flexibility index (Phi) is 13.3. The van der Waals surface area contributed by atoms with Crippen LogP contribution < -0.4 is 11.3 Å². The number of halogens is 3. The van der Waals surface area contributed by atoms with Gasteiger partial charge in [-0.25, -0.2) is 0 Å². The number of carbonyl (C=O) groups is 2. The molecule has 4 nitrogen and oxygen atoms in total. The largest absolute Gasteiger partial charge is 0.289 e. The zero-order valence-corrected chi connectivity index (χ0v) is 19.2. The molecular weight excluding hydrogens is 419 g/mol. The van der Waals surface area contributed by atoms with Crippen molar-refractivity contribution in [3.05, 3.63) is 70.3 Å². The average molecular weight is 448 g/mol. The van der Waals surface area contributed by atoms with Gasteiger partial charge in [-0.1, -0.05) is 43.3 Å². The summed E-state index contributed by atoms with van der Waals surface area (Å²) in [5.41, 5.74) is 5.80. The van der Waals surface area contributed by atoms with Gasteiger partial charge in [0.05, 0.1) is 0 Å². The summed E-state index contributed by atoms with van der Waals surface area (Å²) in [6, 6.07) is 12.5. The monoisotopic (exact) mass is 446 g/mol. The Balaban J connectivity index is 0. The SMILES string of the molecule is CC(C)(C)NN.CCc1ccc(C(=O)c2c(C)cccc2C(=O)Cl)cc1.Cl.Cl. The number of aryl methyl sites for hydroxylation is 2. The van der Waals surface area contributed by atoms with Gasteiger partial charge in [-0.3, -0.25) is 20.9 Å². The van der Waals surface area contributed by atoms with Gasteiger partial charge in [0.25, 0.3) is 5.24 Å². The molecule has 3 N–H and O–H groups in total. The second-order valence-electron chi connectivity index (χ2n) is 7.05. The van der Waals surface area contributed by atoms with Crippen molar-refractivity contribution in [1.29, 1.82) is 0 Å². The molecule has 0 radical (unpaired) electrons. The van der Waals surface area contributed by atoms with Crippen LogP contribution in [0, 0.1) is 6.92 Å². The van der Waals surface area contributed by atoms with E-state index in [-0.39, 0.29) is 41.7 Å². The van der Waals surface area contributed by atoms with Crippen molar-refractivity contribution in [2.75, 3.05) is 0 Å². The molecule has 0 aromatic heterocycles.